The largest absolute Gasteiger partial charge is 0.349 e. The molecule has 1 N–H and O–H groups in total. The minimum Gasteiger partial charge on any atom is -0.349 e. The molecule has 2 nitrogen and oxygen atoms in total. The van der Waals surface area contributed by atoms with Gasteiger partial charge in [-0.2, -0.15) is 0 Å². The summed E-state index contributed by atoms with van der Waals surface area (Å²) in [6, 6.07) is 2.17. The van der Waals surface area contributed by atoms with E-state index < -0.39 is 0 Å². The zero-order valence-corrected chi connectivity index (χ0v) is 11.5. The molecule has 0 aliphatic heterocycles. The molecule has 4 heteroatoms. The summed E-state index contributed by atoms with van der Waals surface area (Å²) >= 11 is 4.89. The van der Waals surface area contributed by atoms with Gasteiger partial charge in [0.1, 0.15) is 0 Å². The Balaban J connectivity index is 2.54. The van der Waals surface area contributed by atoms with E-state index in [-0.39, 0.29) is 5.91 Å². The predicted molar refractivity (Wildman–Crippen MR) is 68.5 cm³/mol. The minimum absolute atomic E-state index is 0.0391. The first-order chi connectivity index (χ1) is 7.17. The molecule has 0 aromatic carbocycles. The summed E-state index contributed by atoms with van der Waals surface area (Å²) in [7, 11) is 0. The molecule has 0 fully saturated rings. The lowest BCUT2D eigenvalue weighted by Crippen LogP contribution is -2.33. The second-order valence-electron chi connectivity index (χ2n) is 3.51. The maximum atomic E-state index is 11.8. The van der Waals surface area contributed by atoms with Crippen molar-refractivity contribution in [2.75, 3.05) is 0 Å². The molecule has 1 aromatic rings. The lowest BCUT2D eigenvalue weighted by atomic mass is 10.1. The molecule has 84 valence electrons. The fraction of sp³-hybridized carbons (Fsp3) is 0.545. The van der Waals surface area contributed by atoms with Crippen LogP contribution in [0, 0.1) is 0 Å². The van der Waals surface area contributed by atoms with Crippen molar-refractivity contribution in [2.24, 2.45) is 0 Å². The highest BCUT2D eigenvalue weighted by Crippen LogP contribution is 2.20. The van der Waals surface area contributed by atoms with Crippen molar-refractivity contribution in [1.29, 1.82) is 0 Å². The fourth-order valence-corrected chi connectivity index (χ4v) is 2.56. The number of halogens is 1. The van der Waals surface area contributed by atoms with Crippen LogP contribution in [0.3, 0.4) is 0 Å². The Morgan fingerprint density at radius 2 is 2.33 bits per heavy atom. The Labute approximate surface area is 103 Å². The fourth-order valence-electron chi connectivity index (χ4n) is 1.42. The van der Waals surface area contributed by atoms with Crippen molar-refractivity contribution in [3.8, 4) is 0 Å². The topological polar surface area (TPSA) is 29.1 Å². The van der Waals surface area contributed by atoms with Gasteiger partial charge in [-0.15, -0.1) is 11.3 Å². The van der Waals surface area contributed by atoms with Crippen LogP contribution in [-0.4, -0.2) is 11.9 Å². The van der Waals surface area contributed by atoms with Gasteiger partial charge >= 0.3 is 0 Å². The molecule has 15 heavy (non-hydrogen) atoms. The van der Waals surface area contributed by atoms with Crippen LogP contribution in [0.2, 0.25) is 0 Å². The first-order valence-electron chi connectivity index (χ1n) is 5.22. The van der Waals surface area contributed by atoms with Crippen molar-refractivity contribution in [3.63, 3.8) is 0 Å². The van der Waals surface area contributed by atoms with Crippen molar-refractivity contribution < 1.29 is 4.79 Å². The summed E-state index contributed by atoms with van der Waals surface area (Å²) < 4.78 is 0.996. The van der Waals surface area contributed by atoms with E-state index in [1.54, 1.807) is 0 Å². The van der Waals surface area contributed by atoms with Gasteiger partial charge in [0.05, 0.1) is 9.35 Å². The highest BCUT2D eigenvalue weighted by atomic mass is 79.9. The molecule has 0 saturated heterocycles. The summed E-state index contributed by atoms with van der Waals surface area (Å²) in [5.74, 6) is 0.0391. The molecule has 1 amide bonds. The van der Waals surface area contributed by atoms with Crippen molar-refractivity contribution in [3.05, 3.63) is 20.8 Å². The normalized spacial score (nSPS) is 12.5. The smallest absolute Gasteiger partial charge is 0.252 e. The Hall–Kier alpha value is -0.350. The van der Waals surface area contributed by atoms with Gasteiger partial charge in [0.2, 0.25) is 0 Å². The van der Waals surface area contributed by atoms with E-state index in [1.165, 1.54) is 11.3 Å². The van der Waals surface area contributed by atoms with E-state index in [9.17, 15) is 4.79 Å². The average Bonchev–Trinajstić information content (AvgIpc) is 2.64. The number of carbonyl (C=O) groups excluding carboxylic acids is 1. The van der Waals surface area contributed by atoms with E-state index in [4.69, 9.17) is 0 Å². The zero-order valence-electron chi connectivity index (χ0n) is 9.05. The van der Waals surface area contributed by atoms with Crippen molar-refractivity contribution >= 4 is 33.2 Å². The van der Waals surface area contributed by atoms with Gasteiger partial charge in [-0.25, -0.2) is 0 Å². The molecule has 0 spiro atoms. The van der Waals surface area contributed by atoms with E-state index in [1.807, 2.05) is 11.4 Å². The molecular weight excluding hydrogens is 274 g/mol. The van der Waals surface area contributed by atoms with E-state index in [2.05, 4.69) is 35.1 Å². The van der Waals surface area contributed by atoms with Crippen LogP contribution in [0.25, 0.3) is 0 Å². The maximum Gasteiger partial charge on any atom is 0.252 e. The molecular formula is C11H16BrNOS. The highest BCUT2D eigenvalue weighted by Gasteiger charge is 2.12. The second kappa shape index (κ2) is 6.28. The Bertz CT molecular complexity index is 324. The third kappa shape index (κ3) is 3.95. The average molecular weight is 290 g/mol. The number of carbonyl (C=O) groups is 1. The van der Waals surface area contributed by atoms with E-state index >= 15 is 0 Å². The van der Waals surface area contributed by atoms with E-state index in [0.717, 1.165) is 28.6 Å². The molecule has 0 radical (unpaired) electrons. The lowest BCUT2D eigenvalue weighted by molar-refractivity contribution is 0.0934. The molecule has 0 aliphatic carbocycles. The number of amides is 1. The Morgan fingerprint density at radius 1 is 1.60 bits per heavy atom. The molecule has 0 saturated carbocycles. The summed E-state index contributed by atoms with van der Waals surface area (Å²) in [5, 5.41) is 4.92. The van der Waals surface area contributed by atoms with Crippen LogP contribution in [0.15, 0.2) is 15.2 Å². The second-order valence-corrected chi connectivity index (χ2v) is 5.80. The van der Waals surface area contributed by atoms with Crippen LogP contribution in [0.4, 0.5) is 0 Å². The van der Waals surface area contributed by atoms with Crippen LogP contribution in [0.1, 0.15) is 43.5 Å². The standard InChI is InChI=1S/C11H16BrNOS/c1-3-5-9(4-2)13-11(14)8-6-10(12)15-7-8/h6-7,9H,3-5H2,1-2H3,(H,13,14). The number of nitrogens with one attached hydrogen (secondary N) is 1. The molecule has 1 rings (SSSR count). The van der Waals surface area contributed by atoms with Gasteiger partial charge in [-0.3, -0.25) is 4.79 Å². The minimum atomic E-state index is 0.0391. The predicted octanol–water partition coefficient (Wildman–Crippen LogP) is 3.82. The molecule has 1 aromatic heterocycles. The molecule has 0 aliphatic rings. The van der Waals surface area contributed by atoms with Gasteiger partial charge in [0.15, 0.2) is 0 Å². The SMILES string of the molecule is CCCC(CC)NC(=O)c1csc(Br)c1. The van der Waals surface area contributed by atoms with Crippen LogP contribution in [-0.2, 0) is 0 Å². The van der Waals surface area contributed by atoms with Gasteiger partial charge in [0, 0.05) is 11.4 Å². The first-order valence-corrected chi connectivity index (χ1v) is 6.89. The number of rotatable bonds is 5. The third-order valence-electron chi connectivity index (χ3n) is 2.29. The van der Waals surface area contributed by atoms with Crippen molar-refractivity contribution in [2.45, 2.75) is 39.2 Å². The first kappa shape index (κ1) is 12.7. The van der Waals surface area contributed by atoms with Gasteiger partial charge < -0.3 is 5.32 Å². The lowest BCUT2D eigenvalue weighted by Gasteiger charge is -2.15. The Morgan fingerprint density at radius 3 is 2.80 bits per heavy atom. The monoisotopic (exact) mass is 289 g/mol. The summed E-state index contributed by atoms with van der Waals surface area (Å²) in [5.41, 5.74) is 0.751. The molecule has 0 bridgehead atoms. The molecule has 1 unspecified atom stereocenters. The van der Waals surface area contributed by atoms with Crippen molar-refractivity contribution in [1.82, 2.24) is 5.32 Å². The summed E-state index contributed by atoms with van der Waals surface area (Å²) in [4.78, 5) is 11.8. The number of thiophene rings is 1. The van der Waals surface area contributed by atoms with Gasteiger partial charge in [-0.1, -0.05) is 20.3 Å². The van der Waals surface area contributed by atoms with Crippen LogP contribution >= 0.6 is 27.3 Å². The van der Waals surface area contributed by atoms with E-state index in [0.29, 0.717) is 6.04 Å². The molecule has 1 heterocycles. The Kier molecular flexibility index (Phi) is 5.32. The molecule has 1 atom stereocenters. The summed E-state index contributed by atoms with van der Waals surface area (Å²) in [6.45, 7) is 4.24. The number of hydrogen-bond acceptors (Lipinski definition) is 2. The van der Waals surface area contributed by atoms with Crippen LogP contribution < -0.4 is 5.32 Å². The number of hydrogen-bond donors (Lipinski definition) is 1. The summed E-state index contributed by atoms with van der Waals surface area (Å²) in [6.07, 6.45) is 3.14. The van der Waals surface area contributed by atoms with Gasteiger partial charge in [0.25, 0.3) is 5.91 Å². The maximum absolute atomic E-state index is 11.8. The van der Waals surface area contributed by atoms with Crippen LogP contribution in [0.5, 0.6) is 0 Å². The van der Waals surface area contributed by atoms with Gasteiger partial charge in [-0.05, 0) is 34.8 Å². The third-order valence-corrected chi connectivity index (χ3v) is 3.80. The zero-order chi connectivity index (χ0) is 11.3. The highest BCUT2D eigenvalue weighted by molar-refractivity contribution is 9.11. The quantitative estimate of drug-likeness (QED) is 0.877.